The first kappa shape index (κ1) is 26.8. The molecular formula is C40H29N5. The van der Waals surface area contributed by atoms with Crippen molar-refractivity contribution in [3.8, 4) is 67.7 Å². The molecule has 1 aliphatic rings. The van der Waals surface area contributed by atoms with Crippen LogP contribution in [0.1, 0.15) is 25.0 Å². The van der Waals surface area contributed by atoms with E-state index in [1.807, 2.05) is 85.2 Å². The van der Waals surface area contributed by atoms with Crippen LogP contribution in [-0.4, -0.2) is 24.9 Å². The normalized spacial score (nSPS) is 12.8. The maximum Gasteiger partial charge on any atom is 0.164 e. The highest BCUT2D eigenvalue weighted by atomic mass is 15.0. The summed E-state index contributed by atoms with van der Waals surface area (Å²) in [5, 5.41) is 0. The van der Waals surface area contributed by atoms with Crippen molar-refractivity contribution in [3.05, 3.63) is 151 Å². The third-order valence-corrected chi connectivity index (χ3v) is 8.69. The van der Waals surface area contributed by atoms with E-state index in [9.17, 15) is 0 Å². The van der Waals surface area contributed by atoms with E-state index < -0.39 is 0 Å². The molecule has 7 aromatic rings. The minimum Gasteiger partial charge on any atom is -0.264 e. The van der Waals surface area contributed by atoms with Crippen LogP contribution in [-0.2, 0) is 5.41 Å². The van der Waals surface area contributed by atoms with Crippen molar-refractivity contribution >= 4 is 0 Å². The van der Waals surface area contributed by atoms with Crippen LogP contribution in [0.5, 0.6) is 0 Å². The highest BCUT2D eigenvalue weighted by molar-refractivity contribution is 5.87. The molecule has 0 atom stereocenters. The Bertz CT molecular complexity index is 2100. The average molecular weight is 580 g/mol. The van der Waals surface area contributed by atoms with E-state index in [0.29, 0.717) is 17.5 Å². The summed E-state index contributed by atoms with van der Waals surface area (Å²) in [5.74, 6) is 1.97. The molecule has 0 fully saturated rings. The van der Waals surface area contributed by atoms with Gasteiger partial charge in [0.05, 0.1) is 5.69 Å². The van der Waals surface area contributed by atoms with E-state index in [4.69, 9.17) is 19.9 Å². The average Bonchev–Trinajstić information content (AvgIpc) is 3.34. The van der Waals surface area contributed by atoms with Gasteiger partial charge in [-0.15, -0.1) is 0 Å². The van der Waals surface area contributed by atoms with Gasteiger partial charge in [-0.2, -0.15) is 0 Å². The second kappa shape index (κ2) is 10.7. The first-order valence-electron chi connectivity index (χ1n) is 15.1. The summed E-state index contributed by atoms with van der Waals surface area (Å²) in [6.45, 7) is 4.59. The molecule has 0 radical (unpaired) electrons. The van der Waals surface area contributed by atoms with Crippen molar-refractivity contribution in [3.63, 3.8) is 0 Å². The van der Waals surface area contributed by atoms with Crippen molar-refractivity contribution in [2.75, 3.05) is 0 Å². The number of hydrogen-bond donors (Lipinski definition) is 0. The Morgan fingerprint density at radius 2 is 0.978 bits per heavy atom. The number of aromatic nitrogens is 5. The molecule has 0 saturated carbocycles. The Kier molecular flexibility index (Phi) is 6.38. The Morgan fingerprint density at radius 3 is 1.53 bits per heavy atom. The van der Waals surface area contributed by atoms with Gasteiger partial charge in [-0.05, 0) is 58.1 Å². The third kappa shape index (κ3) is 4.79. The zero-order chi connectivity index (χ0) is 30.4. The summed E-state index contributed by atoms with van der Waals surface area (Å²) in [4.78, 5) is 23.8. The second-order valence-corrected chi connectivity index (χ2v) is 11.9. The zero-order valence-electron chi connectivity index (χ0n) is 25.0. The predicted octanol–water partition coefficient (Wildman–Crippen LogP) is 9.30. The molecule has 0 amide bonds. The summed E-state index contributed by atoms with van der Waals surface area (Å²) in [6, 6.07) is 41.7. The summed E-state index contributed by atoms with van der Waals surface area (Å²) < 4.78 is 0. The number of rotatable bonds is 5. The molecule has 0 spiro atoms. The topological polar surface area (TPSA) is 64.5 Å². The van der Waals surface area contributed by atoms with Crippen LogP contribution >= 0.6 is 0 Å². The lowest BCUT2D eigenvalue weighted by Crippen LogP contribution is -2.14. The molecule has 0 aliphatic heterocycles. The Morgan fingerprint density at radius 1 is 0.444 bits per heavy atom. The molecule has 8 rings (SSSR count). The molecule has 0 N–H and O–H groups in total. The molecular weight excluding hydrogens is 550 g/mol. The minimum atomic E-state index is -0.131. The van der Waals surface area contributed by atoms with Crippen LogP contribution < -0.4 is 0 Å². The first-order valence-corrected chi connectivity index (χ1v) is 15.1. The lowest BCUT2D eigenvalue weighted by Gasteiger charge is -2.21. The fourth-order valence-electron chi connectivity index (χ4n) is 6.28. The van der Waals surface area contributed by atoms with Gasteiger partial charge in [0, 0.05) is 51.8 Å². The number of nitrogens with zero attached hydrogens (tertiary/aromatic N) is 5. The largest absolute Gasteiger partial charge is 0.264 e. The first-order chi connectivity index (χ1) is 22.0. The summed E-state index contributed by atoms with van der Waals surface area (Å²) in [7, 11) is 0. The van der Waals surface area contributed by atoms with Gasteiger partial charge in [0.1, 0.15) is 0 Å². The number of hydrogen-bond acceptors (Lipinski definition) is 5. The number of benzene rings is 4. The Labute approximate surface area is 262 Å². The monoisotopic (exact) mass is 579 g/mol. The van der Waals surface area contributed by atoms with Gasteiger partial charge in [-0.3, -0.25) is 9.97 Å². The molecule has 5 heteroatoms. The van der Waals surface area contributed by atoms with E-state index in [-0.39, 0.29) is 5.41 Å². The molecule has 1 aliphatic carbocycles. The SMILES string of the molecule is CC1(C)c2ccc(-c3ccc(-c4cccnc4)nc3)cc2-c2cc(-c3nc(-c4ccccc4)nc(-c4ccccc4)n3)ccc21. The molecule has 3 aromatic heterocycles. The standard InChI is InChI=1S/C40H29N5/c1-40(2)34-18-15-28(30-17-20-36(42-25-30)31-14-9-21-41-24-31)22-32(34)33-23-29(16-19-35(33)40)39-44-37(26-10-5-3-6-11-26)43-38(45-39)27-12-7-4-8-13-27/h3-25H,1-2H3. The molecule has 4 aromatic carbocycles. The van der Waals surface area contributed by atoms with Crippen LogP contribution in [0, 0.1) is 0 Å². The van der Waals surface area contributed by atoms with Crippen molar-refractivity contribution < 1.29 is 0 Å². The summed E-state index contributed by atoms with van der Waals surface area (Å²) in [5.41, 5.74) is 11.9. The maximum absolute atomic E-state index is 4.98. The minimum absolute atomic E-state index is 0.131. The van der Waals surface area contributed by atoms with E-state index in [1.54, 1.807) is 6.20 Å². The molecule has 45 heavy (non-hydrogen) atoms. The molecule has 214 valence electrons. The molecule has 0 bridgehead atoms. The second-order valence-electron chi connectivity index (χ2n) is 11.9. The van der Waals surface area contributed by atoms with Gasteiger partial charge >= 0.3 is 0 Å². The van der Waals surface area contributed by atoms with Crippen LogP contribution in [0.2, 0.25) is 0 Å². The van der Waals surface area contributed by atoms with Gasteiger partial charge < -0.3 is 0 Å². The fraction of sp³-hybridized carbons (Fsp3) is 0.0750. The molecule has 0 unspecified atom stereocenters. The lowest BCUT2D eigenvalue weighted by atomic mass is 9.82. The summed E-state index contributed by atoms with van der Waals surface area (Å²) in [6.07, 6.45) is 5.56. The van der Waals surface area contributed by atoms with Crippen LogP contribution in [0.15, 0.2) is 140 Å². The van der Waals surface area contributed by atoms with Gasteiger partial charge in [0.15, 0.2) is 17.5 Å². The zero-order valence-corrected chi connectivity index (χ0v) is 25.0. The number of fused-ring (bicyclic) bond motifs is 3. The third-order valence-electron chi connectivity index (χ3n) is 8.69. The fourth-order valence-corrected chi connectivity index (χ4v) is 6.28. The van der Waals surface area contributed by atoms with E-state index >= 15 is 0 Å². The van der Waals surface area contributed by atoms with Gasteiger partial charge in [-0.1, -0.05) is 105 Å². The van der Waals surface area contributed by atoms with Crippen molar-refractivity contribution in [2.24, 2.45) is 0 Å². The van der Waals surface area contributed by atoms with Crippen LogP contribution in [0.25, 0.3) is 67.7 Å². The molecule has 5 nitrogen and oxygen atoms in total. The number of pyridine rings is 2. The van der Waals surface area contributed by atoms with Crippen molar-refractivity contribution in [1.29, 1.82) is 0 Å². The van der Waals surface area contributed by atoms with Crippen molar-refractivity contribution in [1.82, 2.24) is 24.9 Å². The Hall–Kier alpha value is -5.81. The van der Waals surface area contributed by atoms with E-state index in [0.717, 1.165) is 39.1 Å². The lowest BCUT2D eigenvalue weighted by molar-refractivity contribution is 0.660. The van der Waals surface area contributed by atoms with E-state index in [2.05, 4.69) is 67.4 Å². The van der Waals surface area contributed by atoms with Crippen molar-refractivity contribution in [2.45, 2.75) is 19.3 Å². The smallest absolute Gasteiger partial charge is 0.164 e. The highest BCUT2D eigenvalue weighted by Crippen LogP contribution is 2.50. The van der Waals surface area contributed by atoms with Crippen LogP contribution in [0.3, 0.4) is 0 Å². The van der Waals surface area contributed by atoms with Crippen LogP contribution in [0.4, 0.5) is 0 Å². The molecule has 3 heterocycles. The van der Waals surface area contributed by atoms with Gasteiger partial charge in [0.2, 0.25) is 0 Å². The van der Waals surface area contributed by atoms with Gasteiger partial charge in [-0.25, -0.2) is 15.0 Å². The Balaban J connectivity index is 1.23. The van der Waals surface area contributed by atoms with E-state index in [1.165, 1.54) is 22.3 Å². The predicted molar refractivity (Wildman–Crippen MR) is 180 cm³/mol. The maximum atomic E-state index is 4.98. The quantitative estimate of drug-likeness (QED) is 0.203. The highest BCUT2D eigenvalue weighted by Gasteiger charge is 2.36. The molecule has 0 saturated heterocycles. The van der Waals surface area contributed by atoms with Gasteiger partial charge in [0.25, 0.3) is 0 Å². The summed E-state index contributed by atoms with van der Waals surface area (Å²) >= 11 is 0.